The zero-order valence-electron chi connectivity index (χ0n) is 7.24. The first-order chi connectivity index (χ1) is 4.95. The van der Waals surface area contributed by atoms with E-state index >= 15 is 0 Å². The van der Waals surface area contributed by atoms with Gasteiger partial charge in [-0.05, 0) is 0 Å². The molecule has 2 nitrogen and oxygen atoms in total. The van der Waals surface area contributed by atoms with Gasteiger partial charge in [-0.2, -0.15) is 0 Å². The maximum absolute atomic E-state index is 5.17. The van der Waals surface area contributed by atoms with Crippen LogP contribution in [0.4, 0.5) is 0 Å². The first-order valence-corrected chi connectivity index (χ1v) is 7.51. The standard InChI is InChI=1S/C7H14I2NO/c1-5(9-4)6(8)7(2,3)11-10/h10H2,1-4H3/q-1/b6-5+. The van der Waals surface area contributed by atoms with E-state index in [1.54, 1.807) is 0 Å². The quantitative estimate of drug-likeness (QED) is 0.388. The summed E-state index contributed by atoms with van der Waals surface area (Å²) >= 11 is 2.48. The Balaban J connectivity index is 4.57. The van der Waals surface area contributed by atoms with E-state index in [0.717, 1.165) is 0 Å². The van der Waals surface area contributed by atoms with E-state index in [4.69, 9.17) is 10.7 Å². The molecule has 0 rings (SSSR count). The van der Waals surface area contributed by atoms with Crippen LogP contribution in [0.3, 0.4) is 0 Å². The minimum absolute atomic E-state index is 0.169. The van der Waals surface area contributed by atoms with Crippen LogP contribution < -0.4 is 27.1 Å². The molecule has 0 aliphatic rings. The molecule has 2 N–H and O–H groups in total. The first-order valence-electron chi connectivity index (χ1n) is 3.20. The van der Waals surface area contributed by atoms with Crippen molar-refractivity contribution in [1.82, 2.24) is 0 Å². The van der Waals surface area contributed by atoms with Crippen LogP contribution in [0.2, 0.25) is 0 Å². The zero-order chi connectivity index (χ0) is 9.07. The Morgan fingerprint density at radius 1 is 1.55 bits per heavy atom. The third kappa shape index (κ3) is 3.56. The molecular weight excluding hydrogens is 368 g/mol. The first kappa shape index (κ1) is 12.1. The van der Waals surface area contributed by atoms with Crippen LogP contribution in [-0.4, -0.2) is 10.5 Å². The van der Waals surface area contributed by atoms with Gasteiger partial charge in [-0.15, -0.1) is 0 Å². The molecule has 0 bridgehead atoms. The summed E-state index contributed by atoms with van der Waals surface area (Å²) in [6, 6.07) is 0. The molecule has 0 heterocycles. The number of alkyl halides is 1. The van der Waals surface area contributed by atoms with Crippen molar-refractivity contribution in [3.05, 3.63) is 7.16 Å². The second-order valence-electron chi connectivity index (χ2n) is 2.66. The molecule has 0 aromatic heterocycles. The van der Waals surface area contributed by atoms with Gasteiger partial charge in [0, 0.05) is 0 Å². The van der Waals surface area contributed by atoms with Gasteiger partial charge in [-0.3, -0.25) is 0 Å². The molecule has 0 aliphatic carbocycles. The summed E-state index contributed by atoms with van der Waals surface area (Å²) in [6.45, 7) is 6.12. The summed E-state index contributed by atoms with van der Waals surface area (Å²) < 4.78 is 2.69. The Morgan fingerprint density at radius 3 is 2.27 bits per heavy atom. The molecular formula is C7H14I2NO-. The number of halogens is 2. The normalized spacial score (nSPS) is 15.1. The third-order valence-corrected chi connectivity index (χ3v) is 6.71. The minimum atomic E-state index is -0.305. The Bertz CT molecular complexity index is 166. The Morgan fingerprint density at radius 2 is 2.00 bits per heavy atom. The summed E-state index contributed by atoms with van der Waals surface area (Å²) in [5, 5.41) is 0. The van der Waals surface area contributed by atoms with Gasteiger partial charge in [0.25, 0.3) is 0 Å². The average molecular weight is 382 g/mol. The summed E-state index contributed by atoms with van der Waals surface area (Å²) in [5.74, 6) is 5.17. The fourth-order valence-electron chi connectivity index (χ4n) is 0.550. The summed E-state index contributed by atoms with van der Waals surface area (Å²) in [6.07, 6.45) is 0. The van der Waals surface area contributed by atoms with Crippen LogP contribution in [0.5, 0.6) is 0 Å². The van der Waals surface area contributed by atoms with Crippen molar-refractivity contribution in [2.24, 2.45) is 5.90 Å². The fourth-order valence-corrected chi connectivity index (χ4v) is 3.17. The van der Waals surface area contributed by atoms with E-state index < -0.39 is 0 Å². The van der Waals surface area contributed by atoms with E-state index in [9.17, 15) is 0 Å². The topological polar surface area (TPSA) is 35.2 Å². The molecule has 0 aromatic carbocycles. The molecule has 0 amide bonds. The van der Waals surface area contributed by atoms with Crippen molar-refractivity contribution in [3.63, 3.8) is 0 Å². The number of rotatable bonds is 3. The molecule has 0 aliphatic heterocycles. The predicted octanol–water partition coefficient (Wildman–Crippen LogP) is -0.959. The van der Waals surface area contributed by atoms with Crippen LogP contribution in [0.15, 0.2) is 7.16 Å². The molecule has 0 spiro atoms. The van der Waals surface area contributed by atoms with Gasteiger partial charge >= 0.3 is 93.0 Å². The monoisotopic (exact) mass is 382 g/mol. The molecule has 0 radical (unpaired) electrons. The summed E-state index contributed by atoms with van der Waals surface area (Å²) in [7, 11) is 0. The molecule has 4 heteroatoms. The van der Waals surface area contributed by atoms with Gasteiger partial charge in [0.05, 0.1) is 0 Å². The van der Waals surface area contributed by atoms with E-state index in [1.165, 1.54) is 7.16 Å². The van der Waals surface area contributed by atoms with Crippen molar-refractivity contribution >= 4 is 22.6 Å². The number of hydrogen-bond acceptors (Lipinski definition) is 2. The van der Waals surface area contributed by atoms with Crippen LogP contribution in [0.25, 0.3) is 0 Å². The number of nitrogens with two attached hydrogens (primary N) is 1. The van der Waals surface area contributed by atoms with E-state index in [-0.39, 0.29) is 26.8 Å². The molecule has 68 valence electrons. The molecule has 0 aromatic rings. The van der Waals surface area contributed by atoms with Crippen molar-refractivity contribution in [2.45, 2.75) is 26.4 Å². The predicted molar refractivity (Wildman–Crippen MR) is 52.0 cm³/mol. The molecule has 0 fully saturated rings. The van der Waals surface area contributed by atoms with Crippen LogP contribution in [0, 0.1) is 0 Å². The molecule has 0 unspecified atom stereocenters. The van der Waals surface area contributed by atoms with E-state index in [2.05, 4.69) is 34.4 Å². The third-order valence-electron chi connectivity index (χ3n) is 1.41. The van der Waals surface area contributed by atoms with E-state index in [0.29, 0.717) is 0 Å². The molecule has 11 heavy (non-hydrogen) atoms. The van der Waals surface area contributed by atoms with Crippen LogP contribution in [-0.2, 0) is 4.84 Å². The van der Waals surface area contributed by atoms with Gasteiger partial charge in [-0.25, -0.2) is 0 Å². The van der Waals surface area contributed by atoms with Crippen LogP contribution in [0.1, 0.15) is 20.8 Å². The van der Waals surface area contributed by atoms with Crippen molar-refractivity contribution in [3.8, 4) is 0 Å². The Kier molecular flexibility index (Phi) is 5.49. The van der Waals surface area contributed by atoms with Crippen molar-refractivity contribution < 1.29 is 26.0 Å². The molecule has 0 atom stereocenters. The fraction of sp³-hybridized carbons (Fsp3) is 0.714. The van der Waals surface area contributed by atoms with Gasteiger partial charge < -0.3 is 0 Å². The second kappa shape index (κ2) is 4.98. The second-order valence-corrected chi connectivity index (χ2v) is 6.44. The summed E-state index contributed by atoms with van der Waals surface area (Å²) in [4.78, 5) is 7.11. The average Bonchev–Trinajstić information content (AvgIpc) is 2.01. The van der Waals surface area contributed by atoms with Gasteiger partial charge in [0.15, 0.2) is 0 Å². The Labute approximate surface area is 92.3 Å². The van der Waals surface area contributed by atoms with Gasteiger partial charge in [-0.1, -0.05) is 0 Å². The zero-order valence-corrected chi connectivity index (χ0v) is 11.6. The van der Waals surface area contributed by atoms with Crippen LogP contribution >= 0.6 is 22.6 Å². The van der Waals surface area contributed by atoms with Crippen molar-refractivity contribution in [2.75, 3.05) is 4.93 Å². The van der Waals surface area contributed by atoms with Crippen molar-refractivity contribution in [1.29, 1.82) is 0 Å². The van der Waals surface area contributed by atoms with E-state index in [1.807, 2.05) is 13.8 Å². The van der Waals surface area contributed by atoms with Gasteiger partial charge in [0.1, 0.15) is 0 Å². The number of allylic oxidation sites excluding steroid dienone is 1. The maximum atomic E-state index is 5.17. The number of hydrogen-bond donors (Lipinski definition) is 1. The Hall–Kier alpha value is 1.12. The molecule has 0 saturated carbocycles. The van der Waals surface area contributed by atoms with Gasteiger partial charge in [0.2, 0.25) is 0 Å². The SMILES string of the molecule is C[I-]/C(C)=C(/I)C(C)(C)ON. The summed E-state index contributed by atoms with van der Waals surface area (Å²) in [5.41, 5.74) is -0.305. The molecule has 0 saturated heterocycles.